The summed E-state index contributed by atoms with van der Waals surface area (Å²) in [6.07, 6.45) is 3.62. The van der Waals surface area contributed by atoms with E-state index in [-0.39, 0.29) is 5.89 Å². The van der Waals surface area contributed by atoms with Crippen molar-refractivity contribution in [2.45, 2.75) is 6.54 Å². The van der Waals surface area contributed by atoms with Crippen LogP contribution in [-0.4, -0.2) is 26.2 Å². The molecule has 4 rings (SSSR count). The molecular formula is C21H17N5O4. The fourth-order valence-electron chi connectivity index (χ4n) is 2.86. The zero-order valence-corrected chi connectivity index (χ0v) is 15.7. The van der Waals surface area contributed by atoms with Crippen LogP contribution in [0.5, 0.6) is 0 Å². The number of hydrogen-bond acceptors (Lipinski definition) is 5. The van der Waals surface area contributed by atoms with Crippen LogP contribution in [0.15, 0.2) is 88.3 Å². The average Bonchev–Trinajstić information content (AvgIpc) is 3.43. The number of nitrogens with one attached hydrogen (secondary N) is 2. The smallest absolute Gasteiger partial charge is 0.388 e. The van der Waals surface area contributed by atoms with Crippen molar-refractivity contribution in [2.75, 3.05) is 0 Å². The van der Waals surface area contributed by atoms with Gasteiger partial charge >= 0.3 is 5.76 Å². The van der Waals surface area contributed by atoms with Crippen molar-refractivity contribution < 1.29 is 14.0 Å². The summed E-state index contributed by atoms with van der Waals surface area (Å²) in [7, 11) is 0. The molecule has 2 amide bonds. The first-order valence-corrected chi connectivity index (χ1v) is 9.07. The molecule has 2 N–H and O–H groups in total. The Balaban J connectivity index is 1.41. The maximum Gasteiger partial charge on any atom is 0.437 e. The Kier molecular flexibility index (Phi) is 5.25. The van der Waals surface area contributed by atoms with E-state index in [9.17, 15) is 14.4 Å². The Morgan fingerprint density at radius 2 is 1.60 bits per heavy atom. The third-order valence-corrected chi connectivity index (χ3v) is 4.27. The van der Waals surface area contributed by atoms with Crippen molar-refractivity contribution in [3.63, 3.8) is 0 Å². The van der Waals surface area contributed by atoms with Crippen LogP contribution in [0.3, 0.4) is 0 Å². The minimum atomic E-state index is -0.770. The summed E-state index contributed by atoms with van der Waals surface area (Å²) in [5, 5.41) is 4.01. The molecule has 0 aliphatic carbocycles. The van der Waals surface area contributed by atoms with E-state index in [1.165, 1.54) is 0 Å². The molecule has 30 heavy (non-hydrogen) atoms. The van der Waals surface area contributed by atoms with Crippen LogP contribution in [0.2, 0.25) is 0 Å². The number of hydrazine groups is 1. The predicted octanol–water partition coefficient (Wildman–Crippen LogP) is 1.76. The fourth-order valence-corrected chi connectivity index (χ4v) is 2.86. The van der Waals surface area contributed by atoms with Crippen LogP contribution in [0.4, 0.5) is 0 Å². The zero-order valence-electron chi connectivity index (χ0n) is 15.7. The van der Waals surface area contributed by atoms with E-state index in [1.807, 2.05) is 36.7 Å². The molecule has 2 heterocycles. The number of hydrogen-bond donors (Lipinski definition) is 2. The molecule has 0 fully saturated rings. The van der Waals surface area contributed by atoms with Crippen LogP contribution in [0.1, 0.15) is 10.4 Å². The molecule has 0 saturated heterocycles. The minimum absolute atomic E-state index is 0.109. The molecule has 9 heteroatoms. The van der Waals surface area contributed by atoms with E-state index >= 15 is 0 Å². The summed E-state index contributed by atoms with van der Waals surface area (Å²) >= 11 is 0. The van der Waals surface area contributed by atoms with E-state index in [2.05, 4.69) is 16.0 Å². The van der Waals surface area contributed by atoms with Gasteiger partial charge in [-0.15, -0.1) is 5.10 Å². The van der Waals surface area contributed by atoms with Crippen molar-refractivity contribution in [2.24, 2.45) is 0 Å². The molecule has 0 unspecified atom stereocenters. The highest BCUT2D eigenvalue weighted by atomic mass is 16.4. The molecule has 0 saturated carbocycles. The summed E-state index contributed by atoms with van der Waals surface area (Å²) in [6, 6.07) is 19.5. The standard InChI is InChI=1S/C21H17N5O4/c27-18(14-26-21(29)30-20(24-26)15-8-2-1-3-9-15)22-23-19(28)16-10-4-5-11-17(16)25-12-6-7-13-25/h1-13H,14H2,(H,22,27)(H,23,28). The van der Waals surface area contributed by atoms with Gasteiger partial charge in [-0.2, -0.15) is 4.68 Å². The maximum atomic E-state index is 12.5. The molecule has 0 aliphatic rings. The minimum Gasteiger partial charge on any atom is -0.388 e. The Morgan fingerprint density at radius 3 is 2.37 bits per heavy atom. The number of nitrogens with zero attached hydrogens (tertiary/aromatic N) is 3. The van der Waals surface area contributed by atoms with E-state index in [1.54, 1.807) is 47.0 Å². The lowest BCUT2D eigenvalue weighted by Gasteiger charge is -2.11. The van der Waals surface area contributed by atoms with E-state index in [0.29, 0.717) is 16.8 Å². The lowest BCUT2D eigenvalue weighted by atomic mass is 10.1. The quantitative estimate of drug-likeness (QED) is 0.493. The zero-order chi connectivity index (χ0) is 20.9. The third kappa shape index (κ3) is 4.04. The van der Waals surface area contributed by atoms with E-state index in [0.717, 1.165) is 4.68 Å². The van der Waals surface area contributed by atoms with Gasteiger partial charge in [0.05, 0.1) is 11.3 Å². The van der Waals surface area contributed by atoms with Gasteiger partial charge in [0, 0.05) is 18.0 Å². The van der Waals surface area contributed by atoms with Gasteiger partial charge in [-0.3, -0.25) is 20.4 Å². The molecule has 0 bridgehead atoms. The van der Waals surface area contributed by atoms with Gasteiger partial charge in [-0.1, -0.05) is 30.3 Å². The van der Waals surface area contributed by atoms with Gasteiger partial charge in [-0.05, 0) is 36.4 Å². The summed E-state index contributed by atoms with van der Waals surface area (Å²) in [5.74, 6) is -1.78. The van der Waals surface area contributed by atoms with Crippen LogP contribution in [-0.2, 0) is 11.3 Å². The predicted molar refractivity (Wildman–Crippen MR) is 108 cm³/mol. The van der Waals surface area contributed by atoms with Crippen molar-refractivity contribution in [1.82, 2.24) is 25.2 Å². The summed E-state index contributed by atoms with van der Waals surface area (Å²) in [5.41, 5.74) is 6.29. The molecule has 2 aromatic carbocycles. The van der Waals surface area contributed by atoms with Crippen LogP contribution >= 0.6 is 0 Å². The van der Waals surface area contributed by atoms with Crippen LogP contribution in [0, 0.1) is 0 Å². The van der Waals surface area contributed by atoms with Gasteiger partial charge in [0.2, 0.25) is 5.89 Å². The summed E-state index contributed by atoms with van der Waals surface area (Å²) in [4.78, 5) is 36.7. The van der Waals surface area contributed by atoms with Crippen molar-refractivity contribution in [3.05, 3.63) is 95.2 Å². The topological polar surface area (TPSA) is 111 Å². The molecular weight excluding hydrogens is 386 g/mol. The Hall–Kier alpha value is -4.40. The number of carbonyl (C=O) groups excluding carboxylic acids is 2. The van der Waals surface area contributed by atoms with Gasteiger partial charge < -0.3 is 8.98 Å². The Labute approximate surface area is 170 Å². The number of rotatable bonds is 5. The molecule has 0 spiro atoms. The second-order valence-electron chi connectivity index (χ2n) is 6.31. The van der Waals surface area contributed by atoms with Gasteiger partial charge in [-0.25, -0.2) is 4.79 Å². The SMILES string of the molecule is O=C(Cn1nc(-c2ccccc2)oc1=O)NNC(=O)c1ccccc1-n1cccc1. The fraction of sp³-hybridized carbons (Fsp3) is 0.0476. The third-order valence-electron chi connectivity index (χ3n) is 4.27. The summed E-state index contributed by atoms with van der Waals surface area (Å²) < 4.78 is 7.75. The van der Waals surface area contributed by atoms with Crippen molar-refractivity contribution in [1.29, 1.82) is 0 Å². The Morgan fingerprint density at radius 1 is 0.900 bits per heavy atom. The largest absolute Gasteiger partial charge is 0.437 e. The highest BCUT2D eigenvalue weighted by Crippen LogP contribution is 2.15. The van der Waals surface area contributed by atoms with Gasteiger partial charge in [0.15, 0.2) is 0 Å². The second kappa shape index (κ2) is 8.31. The number of amides is 2. The van der Waals surface area contributed by atoms with Crippen LogP contribution < -0.4 is 16.6 Å². The van der Waals surface area contributed by atoms with E-state index < -0.39 is 24.1 Å². The highest BCUT2D eigenvalue weighted by molar-refractivity contribution is 5.98. The summed E-state index contributed by atoms with van der Waals surface area (Å²) in [6.45, 7) is -0.408. The Bertz CT molecular complexity index is 1230. The van der Waals surface area contributed by atoms with Gasteiger partial charge in [0.1, 0.15) is 6.54 Å². The van der Waals surface area contributed by atoms with E-state index in [4.69, 9.17) is 4.42 Å². The monoisotopic (exact) mass is 403 g/mol. The normalized spacial score (nSPS) is 10.5. The first kappa shape index (κ1) is 18.9. The number of carbonyl (C=O) groups is 2. The lowest BCUT2D eigenvalue weighted by Crippen LogP contribution is -2.44. The first-order chi connectivity index (χ1) is 14.6. The molecule has 0 aliphatic heterocycles. The van der Waals surface area contributed by atoms with Crippen molar-refractivity contribution in [3.8, 4) is 17.1 Å². The lowest BCUT2D eigenvalue weighted by molar-refractivity contribution is -0.122. The number of aromatic nitrogens is 3. The molecule has 4 aromatic rings. The number of para-hydroxylation sites is 1. The highest BCUT2D eigenvalue weighted by Gasteiger charge is 2.15. The molecule has 150 valence electrons. The molecule has 2 aromatic heterocycles. The molecule has 9 nitrogen and oxygen atoms in total. The van der Waals surface area contributed by atoms with Gasteiger partial charge in [0.25, 0.3) is 11.8 Å². The van der Waals surface area contributed by atoms with Crippen LogP contribution in [0.25, 0.3) is 17.1 Å². The average molecular weight is 403 g/mol. The first-order valence-electron chi connectivity index (χ1n) is 9.07. The molecule has 0 atom stereocenters. The second-order valence-corrected chi connectivity index (χ2v) is 6.31. The molecule has 0 radical (unpaired) electrons. The number of benzene rings is 2. The van der Waals surface area contributed by atoms with Crippen molar-refractivity contribution >= 4 is 11.8 Å². The maximum absolute atomic E-state index is 12.5.